The molecule has 0 aromatic rings. The van der Waals surface area contributed by atoms with Gasteiger partial charge in [-0.15, -0.1) is 0 Å². The van der Waals surface area contributed by atoms with Crippen LogP contribution in [0.5, 0.6) is 0 Å². The molecule has 3 saturated heterocycles. The van der Waals surface area contributed by atoms with Crippen LogP contribution in [0.25, 0.3) is 0 Å². The Balaban J connectivity index is 1.90. The average Bonchev–Trinajstić information content (AvgIpc) is 2.70. The average molecular weight is 260 g/mol. The molecule has 6 nitrogen and oxygen atoms in total. The summed E-state index contributed by atoms with van der Waals surface area (Å²) in [6.07, 6.45) is -0.970. The molecule has 6 heteroatoms. The summed E-state index contributed by atoms with van der Waals surface area (Å²) in [7, 11) is 0. The van der Waals surface area contributed by atoms with Crippen molar-refractivity contribution in [3.05, 3.63) is 0 Å². The zero-order chi connectivity index (χ0) is 13.2. The molecule has 3 rings (SSSR count). The maximum atomic E-state index is 9.61. The Morgan fingerprint density at radius 1 is 1.06 bits per heavy atom. The molecule has 3 unspecified atom stereocenters. The van der Waals surface area contributed by atoms with Crippen molar-refractivity contribution in [3.63, 3.8) is 0 Å². The molecule has 0 bridgehead atoms. The van der Waals surface area contributed by atoms with E-state index >= 15 is 0 Å². The molecule has 3 aliphatic heterocycles. The third kappa shape index (κ3) is 1.79. The van der Waals surface area contributed by atoms with Crippen molar-refractivity contribution in [2.75, 3.05) is 13.2 Å². The second-order valence-corrected chi connectivity index (χ2v) is 5.96. The summed E-state index contributed by atoms with van der Waals surface area (Å²) in [5, 5.41) is 9.61. The van der Waals surface area contributed by atoms with Crippen LogP contribution in [0.1, 0.15) is 27.7 Å². The molecule has 0 radical (unpaired) electrons. The molecule has 104 valence electrons. The number of rotatable bonds is 1. The topological polar surface area (TPSA) is 66.4 Å². The van der Waals surface area contributed by atoms with E-state index in [9.17, 15) is 5.11 Å². The van der Waals surface area contributed by atoms with Gasteiger partial charge in [0, 0.05) is 0 Å². The molecular formula is C12H20O6. The zero-order valence-corrected chi connectivity index (χ0v) is 11.1. The first-order valence-electron chi connectivity index (χ1n) is 6.25. The third-order valence-corrected chi connectivity index (χ3v) is 3.50. The quantitative estimate of drug-likeness (QED) is 0.735. The highest BCUT2D eigenvalue weighted by atomic mass is 16.9. The van der Waals surface area contributed by atoms with Crippen molar-refractivity contribution in [2.45, 2.75) is 63.4 Å². The summed E-state index contributed by atoms with van der Waals surface area (Å²) < 4.78 is 28.9. The number of hydrogen-bond donors (Lipinski definition) is 1. The van der Waals surface area contributed by atoms with E-state index in [1.807, 2.05) is 13.8 Å². The fourth-order valence-electron chi connectivity index (χ4n) is 2.96. The first kappa shape index (κ1) is 12.8. The Morgan fingerprint density at radius 2 is 1.78 bits per heavy atom. The predicted molar refractivity (Wildman–Crippen MR) is 59.6 cm³/mol. The smallest absolute Gasteiger partial charge is 0.224 e. The fraction of sp³-hybridized carbons (Fsp3) is 1.00. The lowest BCUT2D eigenvalue weighted by Crippen LogP contribution is -2.60. The molecule has 0 spiro atoms. The number of hydrogen-bond acceptors (Lipinski definition) is 6. The molecule has 0 aromatic heterocycles. The summed E-state index contributed by atoms with van der Waals surface area (Å²) in [6, 6.07) is 0. The van der Waals surface area contributed by atoms with Crippen molar-refractivity contribution in [3.8, 4) is 0 Å². The second kappa shape index (κ2) is 3.65. The summed E-state index contributed by atoms with van der Waals surface area (Å²) in [5.74, 6) is -2.62. The molecule has 0 aromatic carbocycles. The van der Waals surface area contributed by atoms with Gasteiger partial charge < -0.3 is 28.8 Å². The molecular weight excluding hydrogens is 240 g/mol. The van der Waals surface area contributed by atoms with Gasteiger partial charge >= 0.3 is 0 Å². The Bertz CT molecular complexity index is 354. The Morgan fingerprint density at radius 3 is 2.44 bits per heavy atom. The van der Waals surface area contributed by atoms with E-state index < -0.39 is 23.5 Å². The summed E-state index contributed by atoms with van der Waals surface area (Å²) in [6.45, 7) is 7.35. The summed E-state index contributed by atoms with van der Waals surface area (Å²) >= 11 is 0. The van der Waals surface area contributed by atoms with Crippen molar-refractivity contribution < 1.29 is 28.8 Å². The van der Waals surface area contributed by atoms with Crippen molar-refractivity contribution in [2.24, 2.45) is 0 Å². The fourth-order valence-corrected chi connectivity index (χ4v) is 2.96. The second-order valence-electron chi connectivity index (χ2n) is 5.96. The lowest BCUT2D eigenvalue weighted by molar-refractivity contribution is -0.294. The lowest BCUT2D eigenvalue weighted by atomic mass is 9.98. The number of fused-ring (bicyclic) bond motifs is 3. The molecule has 4 atom stereocenters. The van der Waals surface area contributed by atoms with Crippen molar-refractivity contribution in [1.29, 1.82) is 0 Å². The van der Waals surface area contributed by atoms with Crippen LogP contribution in [0, 0.1) is 0 Å². The van der Waals surface area contributed by atoms with E-state index in [2.05, 4.69) is 0 Å². The molecule has 3 fully saturated rings. The third-order valence-electron chi connectivity index (χ3n) is 3.50. The van der Waals surface area contributed by atoms with Crippen molar-refractivity contribution in [1.82, 2.24) is 0 Å². The minimum atomic E-state index is -1.14. The van der Waals surface area contributed by atoms with Crippen LogP contribution >= 0.6 is 0 Å². The van der Waals surface area contributed by atoms with Crippen LogP contribution in [-0.4, -0.2) is 54.0 Å². The van der Waals surface area contributed by atoms with E-state index in [4.69, 9.17) is 23.7 Å². The van der Waals surface area contributed by atoms with E-state index in [0.717, 1.165) is 0 Å². The van der Waals surface area contributed by atoms with Crippen LogP contribution in [0.15, 0.2) is 0 Å². The number of ether oxygens (including phenoxy) is 5. The Hall–Kier alpha value is -0.240. The molecule has 0 amide bonds. The van der Waals surface area contributed by atoms with Gasteiger partial charge in [0.2, 0.25) is 5.79 Å². The predicted octanol–water partition coefficient (Wildman–Crippen LogP) is 0.377. The zero-order valence-electron chi connectivity index (χ0n) is 11.1. The highest BCUT2D eigenvalue weighted by molar-refractivity contribution is 5.03. The van der Waals surface area contributed by atoms with Crippen LogP contribution in [0.2, 0.25) is 0 Å². The normalized spacial score (nSPS) is 48.8. The van der Waals surface area contributed by atoms with Gasteiger partial charge in [0.15, 0.2) is 11.6 Å². The molecule has 18 heavy (non-hydrogen) atoms. The number of aliphatic hydroxyl groups excluding tert-OH is 1. The lowest BCUT2D eigenvalue weighted by Gasteiger charge is -2.39. The maximum absolute atomic E-state index is 9.61. The van der Waals surface area contributed by atoms with Gasteiger partial charge in [-0.25, -0.2) is 0 Å². The van der Waals surface area contributed by atoms with Gasteiger partial charge in [-0.1, -0.05) is 0 Å². The summed E-state index contributed by atoms with van der Waals surface area (Å²) in [5.41, 5.74) is 0. The van der Waals surface area contributed by atoms with Crippen LogP contribution in [0.3, 0.4) is 0 Å². The standard InChI is InChI=1S/C12H20O6/c1-10(2)15-7-5-14-12(6-13)9(8(7)16-10)17-11(3,4)18-12/h7-9,13H,5-6H2,1-4H3/t7?,8?,9?,12-/m0/s1. The first-order valence-corrected chi connectivity index (χ1v) is 6.25. The Labute approximate surface area is 106 Å². The monoisotopic (exact) mass is 260 g/mol. The minimum Gasteiger partial charge on any atom is -0.391 e. The Kier molecular flexibility index (Phi) is 2.59. The first-order chi connectivity index (χ1) is 8.27. The van der Waals surface area contributed by atoms with Crippen LogP contribution in [0.4, 0.5) is 0 Å². The van der Waals surface area contributed by atoms with E-state index in [1.165, 1.54) is 0 Å². The van der Waals surface area contributed by atoms with E-state index in [1.54, 1.807) is 13.8 Å². The highest BCUT2D eigenvalue weighted by Crippen LogP contribution is 2.47. The molecule has 0 saturated carbocycles. The minimum absolute atomic E-state index is 0.192. The maximum Gasteiger partial charge on any atom is 0.224 e. The summed E-state index contributed by atoms with van der Waals surface area (Å²) in [4.78, 5) is 0. The van der Waals surface area contributed by atoms with Crippen molar-refractivity contribution >= 4 is 0 Å². The van der Waals surface area contributed by atoms with Gasteiger partial charge in [-0.3, -0.25) is 0 Å². The molecule has 3 aliphatic rings. The van der Waals surface area contributed by atoms with Gasteiger partial charge in [-0.05, 0) is 27.7 Å². The van der Waals surface area contributed by atoms with Gasteiger partial charge in [0.25, 0.3) is 0 Å². The SMILES string of the molecule is CC1(C)OC2CO[C@@]3(CO)OC(C)(C)OC3C2O1. The largest absolute Gasteiger partial charge is 0.391 e. The molecule has 1 N–H and O–H groups in total. The van der Waals surface area contributed by atoms with E-state index in [0.29, 0.717) is 6.61 Å². The van der Waals surface area contributed by atoms with E-state index in [-0.39, 0.29) is 18.8 Å². The van der Waals surface area contributed by atoms with Gasteiger partial charge in [0.05, 0.1) is 6.61 Å². The van der Waals surface area contributed by atoms with Crippen LogP contribution in [-0.2, 0) is 23.7 Å². The van der Waals surface area contributed by atoms with Gasteiger partial charge in [-0.2, -0.15) is 0 Å². The van der Waals surface area contributed by atoms with Crippen LogP contribution < -0.4 is 0 Å². The molecule has 0 aliphatic carbocycles. The molecule has 3 heterocycles. The van der Waals surface area contributed by atoms with Gasteiger partial charge in [0.1, 0.15) is 24.9 Å². The number of aliphatic hydroxyl groups is 1. The highest BCUT2D eigenvalue weighted by Gasteiger charge is 2.65.